The van der Waals surface area contributed by atoms with Gasteiger partial charge in [0.1, 0.15) is 0 Å². The second kappa shape index (κ2) is 10.1. The highest BCUT2D eigenvalue weighted by atomic mass is 32.2. The normalized spacial score (nSPS) is 12.7. The van der Waals surface area contributed by atoms with E-state index in [1.807, 2.05) is 37.3 Å². The highest BCUT2D eigenvalue weighted by molar-refractivity contribution is 8.00. The largest absolute Gasteiger partial charge is 0.448 e. The maximum Gasteiger partial charge on any atom is 0.317 e. The number of carbonyl (C=O) groups is 1. The summed E-state index contributed by atoms with van der Waals surface area (Å²) in [6, 6.07) is 9.83. The smallest absolute Gasteiger partial charge is 0.317 e. The third kappa shape index (κ3) is 7.38. The summed E-state index contributed by atoms with van der Waals surface area (Å²) < 4.78 is 5.56. The maximum atomic E-state index is 12.0. The van der Waals surface area contributed by atoms with Gasteiger partial charge in [0.25, 0.3) is 0 Å². The second-order valence-corrected chi connectivity index (χ2v) is 6.38. The van der Waals surface area contributed by atoms with Crippen molar-refractivity contribution >= 4 is 17.7 Å². The fraction of sp³-hybridized carbons (Fsp3) is 0.421. The van der Waals surface area contributed by atoms with Gasteiger partial charge in [-0.2, -0.15) is 0 Å². The van der Waals surface area contributed by atoms with Crippen LogP contribution in [-0.2, 0) is 9.53 Å². The minimum Gasteiger partial charge on any atom is -0.448 e. The number of carbonyl (C=O) groups excluding carboxylic acids is 1. The van der Waals surface area contributed by atoms with Gasteiger partial charge in [-0.15, -0.1) is 11.8 Å². The van der Waals surface area contributed by atoms with Crippen LogP contribution in [-0.4, -0.2) is 17.8 Å². The molecule has 0 saturated heterocycles. The van der Waals surface area contributed by atoms with Crippen LogP contribution >= 0.6 is 11.8 Å². The first-order valence-corrected chi connectivity index (χ1v) is 8.55. The van der Waals surface area contributed by atoms with E-state index in [9.17, 15) is 4.79 Å². The number of benzene rings is 1. The van der Waals surface area contributed by atoms with Gasteiger partial charge >= 0.3 is 5.97 Å². The average Bonchev–Trinajstić information content (AvgIpc) is 2.50. The molecule has 0 aliphatic heterocycles. The molecule has 1 aromatic rings. The Bertz CT molecular complexity index is 540. The van der Waals surface area contributed by atoms with Crippen LogP contribution in [0.25, 0.3) is 0 Å². The van der Waals surface area contributed by atoms with Crippen LogP contribution in [0, 0.1) is 17.8 Å². The Balaban J connectivity index is 2.58. The molecule has 2 unspecified atom stereocenters. The summed E-state index contributed by atoms with van der Waals surface area (Å²) in [7, 11) is 0. The van der Waals surface area contributed by atoms with Crippen molar-refractivity contribution in [3.8, 4) is 11.8 Å². The molecule has 22 heavy (non-hydrogen) atoms. The van der Waals surface area contributed by atoms with Crippen molar-refractivity contribution < 1.29 is 9.53 Å². The summed E-state index contributed by atoms with van der Waals surface area (Å²) in [6.07, 6.45) is 1.66. The number of hydrogen-bond acceptors (Lipinski definition) is 3. The van der Waals surface area contributed by atoms with Crippen molar-refractivity contribution in [2.45, 2.75) is 44.6 Å². The topological polar surface area (TPSA) is 26.3 Å². The first kappa shape index (κ1) is 18.4. The number of allylic oxidation sites excluding steroid dienone is 1. The van der Waals surface area contributed by atoms with E-state index in [1.165, 1.54) is 11.8 Å². The molecule has 0 fully saturated rings. The van der Waals surface area contributed by atoms with Gasteiger partial charge < -0.3 is 4.74 Å². The number of ether oxygens (including phenoxy) is 1. The molecule has 0 saturated carbocycles. The summed E-state index contributed by atoms with van der Waals surface area (Å²) in [6.45, 7) is 9.80. The Hall–Kier alpha value is -1.66. The molecule has 0 heterocycles. The van der Waals surface area contributed by atoms with Crippen LogP contribution in [0.3, 0.4) is 0 Å². The lowest BCUT2D eigenvalue weighted by Crippen LogP contribution is -2.25. The van der Waals surface area contributed by atoms with E-state index in [0.717, 1.165) is 23.3 Å². The van der Waals surface area contributed by atoms with Crippen LogP contribution in [0.5, 0.6) is 0 Å². The molecule has 0 bridgehead atoms. The molecule has 2 atom stereocenters. The quantitative estimate of drug-likeness (QED) is 0.414. The molecular weight excluding hydrogens is 292 g/mol. The summed E-state index contributed by atoms with van der Waals surface area (Å²) in [5.41, 5.74) is 0.781. The standard InChI is InChI=1S/C19H24O2S/c1-5-9-16(4)18(13-12-15(2)3)21-19(20)14-22-17-10-7-6-8-11-17/h6-8,10-11,16,18H,2,5,9,14H2,1,3-4H3. The zero-order valence-electron chi connectivity index (χ0n) is 13.6. The maximum absolute atomic E-state index is 12.0. The van der Waals surface area contributed by atoms with Crippen molar-refractivity contribution in [1.29, 1.82) is 0 Å². The molecule has 118 valence electrons. The van der Waals surface area contributed by atoms with Crippen molar-refractivity contribution in [3.05, 3.63) is 42.5 Å². The Morgan fingerprint density at radius 2 is 2.05 bits per heavy atom. The molecule has 1 aromatic carbocycles. The molecule has 0 N–H and O–H groups in total. The number of hydrogen-bond donors (Lipinski definition) is 0. The number of esters is 1. The molecule has 0 radical (unpaired) electrons. The molecule has 2 nitrogen and oxygen atoms in total. The minimum atomic E-state index is -0.361. The van der Waals surface area contributed by atoms with Gasteiger partial charge in [-0.05, 0) is 31.1 Å². The SMILES string of the molecule is C=C(C)C#CC(OC(=O)CSc1ccccc1)C(C)CCC. The lowest BCUT2D eigenvalue weighted by molar-refractivity contribution is -0.145. The molecular formula is C19H24O2S. The third-order valence-electron chi connectivity index (χ3n) is 3.05. The molecule has 0 aliphatic rings. The molecule has 3 heteroatoms. The van der Waals surface area contributed by atoms with E-state index >= 15 is 0 Å². The fourth-order valence-electron chi connectivity index (χ4n) is 1.92. The van der Waals surface area contributed by atoms with Crippen LogP contribution in [0.1, 0.15) is 33.6 Å². The minimum absolute atomic E-state index is 0.224. The Labute approximate surface area is 138 Å². The molecule has 0 aromatic heterocycles. The van der Waals surface area contributed by atoms with Gasteiger partial charge in [0.15, 0.2) is 6.10 Å². The molecule has 0 amide bonds. The summed E-state index contributed by atoms with van der Waals surface area (Å²) in [5, 5.41) is 0. The van der Waals surface area contributed by atoms with Gasteiger partial charge in [-0.1, -0.05) is 56.9 Å². The van der Waals surface area contributed by atoms with Crippen molar-refractivity contribution in [1.82, 2.24) is 0 Å². The summed E-state index contributed by atoms with van der Waals surface area (Å²) >= 11 is 1.48. The van der Waals surface area contributed by atoms with Gasteiger partial charge in [0.05, 0.1) is 5.75 Å². The van der Waals surface area contributed by atoms with Gasteiger partial charge in [-0.25, -0.2) is 0 Å². The summed E-state index contributed by atoms with van der Waals surface area (Å²) in [5.74, 6) is 6.27. The van der Waals surface area contributed by atoms with Crippen LogP contribution in [0.15, 0.2) is 47.4 Å². The molecule has 0 spiro atoms. The Morgan fingerprint density at radius 3 is 2.64 bits per heavy atom. The summed E-state index contributed by atoms with van der Waals surface area (Å²) in [4.78, 5) is 13.1. The monoisotopic (exact) mass is 316 g/mol. The predicted octanol–water partition coefficient (Wildman–Crippen LogP) is 4.71. The molecule has 0 aliphatic carbocycles. The van der Waals surface area contributed by atoms with Crippen LogP contribution in [0.2, 0.25) is 0 Å². The number of thioether (sulfide) groups is 1. The number of rotatable bonds is 7. The Kier molecular flexibility index (Phi) is 8.47. The van der Waals surface area contributed by atoms with Crippen molar-refractivity contribution in [2.24, 2.45) is 5.92 Å². The van der Waals surface area contributed by atoms with E-state index in [-0.39, 0.29) is 18.0 Å². The Morgan fingerprint density at radius 1 is 1.36 bits per heavy atom. The van der Waals surface area contributed by atoms with Crippen LogP contribution in [0.4, 0.5) is 0 Å². The zero-order chi connectivity index (χ0) is 16.4. The fourth-order valence-corrected chi connectivity index (χ4v) is 2.63. The van der Waals surface area contributed by atoms with E-state index < -0.39 is 0 Å². The van der Waals surface area contributed by atoms with E-state index in [4.69, 9.17) is 4.74 Å². The highest BCUT2D eigenvalue weighted by Crippen LogP contribution is 2.19. The molecule has 1 rings (SSSR count). The first-order valence-electron chi connectivity index (χ1n) is 7.57. The van der Waals surface area contributed by atoms with Gasteiger partial charge in [0.2, 0.25) is 0 Å². The van der Waals surface area contributed by atoms with Gasteiger partial charge in [0, 0.05) is 10.8 Å². The second-order valence-electron chi connectivity index (χ2n) is 5.33. The van der Waals surface area contributed by atoms with Crippen molar-refractivity contribution in [3.63, 3.8) is 0 Å². The van der Waals surface area contributed by atoms with Gasteiger partial charge in [-0.3, -0.25) is 4.79 Å². The predicted molar refractivity (Wildman–Crippen MR) is 93.7 cm³/mol. The van der Waals surface area contributed by atoms with E-state index in [2.05, 4.69) is 32.3 Å². The lowest BCUT2D eigenvalue weighted by atomic mass is 9.99. The lowest BCUT2D eigenvalue weighted by Gasteiger charge is -2.19. The van der Waals surface area contributed by atoms with E-state index in [0.29, 0.717) is 5.75 Å². The first-order chi connectivity index (χ1) is 10.5. The zero-order valence-corrected chi connectivity index (χ0v) is 14.4. The van der Waals surface area contributed by atoms with E-state index in [1.54, 1.807) is 0 Å². The highest BCUT2D eigenvalue weighted by Gasteiger charge is 2.19. The van der Waals surface area contributed by atoms with Crippen molar-refractivity contribution in [2.75, 3.05) is 5.75 Å². The average molecular weight is 316 g/mol. The third-order valence-corrected chi connectivity index (χ3v) is 4.03. The van der Waals surface area contributed by atoms with Crippen LogP contribution < -0.4 is 0 Å².